The zero-order valence-corrected chi connectivity index (χ0v) is 17.7. The summed E-state index contributed by atoms with van der Waals surface area (Å²) in [6.45, 7) is 1.33. The number of rotatable bonds is 7. The van der Waals surface area contributed by atoms with Gasteiger partial charge in [-0.1, -0.05) is 18.2 Å². The number of carbonyl (C=O) groups excluding carboxylic acids is 1. The Balaban J connectivity index is 1.85. The number of carbonyl (C=O) groups is 1. The molecule has 0 bridgehead atoms. The summed E-state index contributed by atoms with van der Waals surface area (Å²) in [6.07, 6.45) is -0.242. The summed E-state index contributed by atoms with van der Waals surface area (Å²) in [5.41, 5.74) is -1.28. The molecule has 1 saturated heterocycles. The molecule has 11 heteroatoms. The van der Waals surface area contributed by atoms with Gasteiger partial charge in [0.2, 0.25) is 0 Å². The predicted molar refractivity (Wildman–Crippen MR) is 107 cm³/mol. The molecule has 0 aliphatic carbocycles. The standard InChI is InChI=1S/C19H23N2O8P/c1-12-10-21(19(24)20-17(12)22)16-9-15(30(25,26-2)27-3)14(29-16)11-28-18(23)13-7-5-4-6-8-13/h4-8,10,14-16H,9,11H2,1-3H3,(H,20,22,24)/t14-,15+,16-/m1/s1. The molecule has 1 aromatic carbocycles. The van der Waals surface area contributed by atoms with E-state index in [9.17, 15) is 18.9 Å². The maximum atomic E-state index is 13.1. The molecular formula is C19H23N2O8P. The molecule has 0 amide bonds. The predicted octanol–water partition coefficient (Wildman–Crippen LogP) is 1.84. The van der Waals surface area contributed by atoms with E-state index >= 15 is 0 Å². The molecule has 2 heterocycles. The molecule has 1 aromatic heterocycles. The number of aromatic amines is 1. The zero-order valence-electron chi connectivity index (χ0n) is 16.8. The van der Waals surface area contributed by atoms with Gasteiger partial charge in [0.15, 0.2) is 0 Å². The van der Waals surface area contributed by atoms with E-state index in [1.54, 1.807) is 37.3 Å². The van der Waals surface area contributed by atoms with Crippen LogP contribution in [0.15, 0.2) is 46.1 Å². The molecule has 0 radical (unpaired) electrons. The van der Waals surface area contributed by atoms with Gasteiger partial charge < -0.3 is 18.5 Å². The SMILES string of the molecule is COP(=O)(OC)[C@H]1C[C@H](n2cc(C)c(=O)[nH]c2=O)O[C@@H]1COC(=O)c1ccccc1. The fourth-order valence-electron chi connectivity index (χ4n) is 3.33. The zero-order chi connectivity index (χ0) is 21.9. The number of hydrogen-bond acceptors (Lipinski definition) is 8. The lowest BCUT2D eigenvalue weighted by Gasteiger charge is -2.24. The van der Waals surface area contributed by atoms with E-state index in [2.05, 4.69) is 4.98 Å². The van der Waals surface area contributed by atoms with Gasteiger partial charge in [-0.25, -0.2) is 9.59 Å². The Morgan fingerprint density at radius 3 is 2.53 bits per heavy atom. The van der Waals surface area contributed by atoms with E-state index in [1.807, 2.05) is 0 Å². The lowest BCUT2D eigenvalue weighted by atomic mass is 10.2. The quantitative estimate of drug-likeness (QED) is 0.513. The maximum absolute atomic E-state index is 13.1. The molecule has 3 rings (SSSR count). The van der Waals surface area contributed by atoms with Crippen molar-refractivity contribution in [2.75, 3.05) is 20.8 Å². The van der Waals surface area contributed by atoms with Crippen LogP contribution in [-0.2, 0) is 23.1 Å². The average molecular weight is 438 g/mol. The highest BCUT2D eigenvalue weighted by molar-refractivity contribution is 7.54. The summed E-state index contributed by atoms with van der Waals surface area (Å²) < 4.78 is 35.7. The molecule has 1 fully saturated rings. The molecule has 10 nitrogen and oxygen atoms in total. The van der Waals surface area contributed by atoms with E-state index in [0.717, 1.165) is 0 Å². The average Bonchev–Trinajstić information content (AvgIpc) is 3.19. The van der Waals surface area contributed by atoms with E-state index in [-0.39, 0.29) is 13.0 Å². The number of ether oxygens (including phenoxy) is 2. The van der Waals surface area contributed by atoms with Gasteiger partial charge in [-0.2, -0.15) is 0 Å². The first-order valence-electron chi connectivity index (χ1n) is 9.20. The summed E-state index contributed by atoms with van der Waals surface area (Å²) in [5.74, 6) is -0.567. The Hall–Kier alpha value is -2.52. The van der Waals surface area contributed by atoms with Crippen molar-refractivity contribution in [3.63, 3.8) is 0 Å². The van der Waals surface area contributed by atoms with Crippen molar-refractivity contribution in [1.82, 2.24) is 9.55 Å². The minimum Gasteiger partial charge on any atom is -0.459 e. The smallest absolute Gasteiger partial charge is 0.338 e. The summed E-state index contributed by atoms with van der Waals surface area (Å²) in [5, 5.41) is 0. The Labute approximate surface area is 172 Å². The number of esters is 1. The third-order valence-corrected chi connectivity index (χ3v) is 7.34. The minimum atomic E-state index is -3.61. The molecule has 30 heavy (non-hydrogen) atoms. The first-order valence-corrected chi connectivity index (χ1v) is 10.8. The number of aryl methyl sites for hydroxylation is 1. The highest BCUT2D eigenvalue weighted by atomic mass is 31.2. The van der Waals surface area contributed by atoms with Gasteiger partial charge in [0, 0.05) is 32.4 Å². The first kappa shape index (κ1) is 22.2. The monoisotopic (exact) mass is 438 g/mol. The second-order valence-electron chi connectivity index (χ2n) is 6.78. The highest BCUT2D eigenvalue weighted by Crippen LogP contribution is 2.58. The van der Waals surface area contributed by atoms with Crippen molar-refractivity contribution in [3.8, 4) is 0 Å². The lowest BCUT2D eigenvalue weighted by Crippen LogP contribution is -2.33. The minimum absolute atomic E-state index is 0.0951. The van der Waals surface area contributed by atoms with E-state index in [4.69, 9.17) is 18.5 Å². The summed E-state index contributed by atoms with van der Waals surface area (Å²) in [6, 6.07) is 8.40. The van der Waals surface area contributed by atoms with Crippen molar-refractivity contribution >= 4 is 13.6 Å². The fraction of sp³-hybridized carbons (Fsp3) is 0.421. The van der Waals surface area contributed by atoms with Crippen molar-refractivity contribution in [2.24, 2.45) is 0 Å². The van der Waals surface area contributed by atoms with E-state index in [1.165, 1.54) is 25.0 Å². The molecule has 1 aliphatic rings. The van der Waals surface area contributed by atoms with E-state index in [0.29, 0.717) is 11.1 Å². The van der Waals surface area contributed by atoms with Crippen LogP contribution in [0.25, 0.3) is 0 Å². The normalized spacial score (nSPS) is 21.5. The fourth-order valence-corrected chi connectivity index (χ4v) is 5.02. The summed E-state index contributed by atoms with van der Waals surface area (Å²) >= 11 is 0. The molecule has 0 unspecified atom stereocenters. The second-order valence-corrected chi connectivity index (χ2v) is 9.25. The van der Waals surface area contributed by atoms with Crippen LogP contribution in [0.5, 0.6) is 0 Å². The Morgan fingerprint density at radius 2 is 1.90 bits per heavy atom. The molecule has 0 spiro atoms. The van der Waals surface area contributed by atoms with Crippen LogP contribution < -0.4 is 11.2 Å². The van der Waals surface area contributed by atoms with Crippen LogP contribution in [-0.4, -0.2) is 48.1 Å². The number of aromatic nitrogens is 2. The van der Waals surface area contributed by atoms with Crippen LogP contribution >= 0.6 is 7.60 Å². The molecular weight excluding hydrogens is 415 g/mol. The molecule has 1 aliphatic heterocycles. The van der Waals surface area contributed by atoms with Gasteiger partial charge in [-0.3, -0.25) is 18.9 Å². The van der Waals surface area contributed by atoms with Gasteiger partial charge in [-0.05, 0) is 19.1 Å². The van der Waals surface area contributed by atoms with Crippen LogP contribution in [0.2, 0.25) is 0 Å². The topological polar surface area (TPSA) is 126 Å². The van der Waals surface area contributed by atoms with Crippen LogP contribution in [0.1, 0.15) is 28.6 Å². The number of nitrogens with zero attached hydrogens (tertiary/aromatic N) is 1. The lowest BCUT2D eigenvalue weighted by molar-refractivity contribution is -0.0345. The van der Waals surface area contributed by atoms with Gasteiger partial charge in [0.05, 0.1) is 11.2 Å². The summed E-state index contributed by atoms with van der Waals surface area (Å²) in [7, 11) is -1.11. The summed E-state index contributed by atoms with van der Waals surface area (Å²) in [4.78, 5) is 38.4. The molecule has 162 valence electrons. The number of nitrogens with one attached hydrogen (secondary N) is 1. The van der Waals surface area contributed by atoms with Crippen molar-refractivity contribution < 1.29 is 27.9 Å². The highest BCUT2D eigenvalue weighted by Gasteiger charge is 2.49. The molecule has 2 aromatic rings. The molecule has 3 atom stereocenters. The van der Waals surface area contributed by atoms with Crippen LogP contribution in [0, 0.1) is 6.92 Å². The number of H-pyrrole nitrogens is 1. The van der Waals surface area contributed by atoms with E-state index < -0.39 is 42.8 Å². The van der Waals surface area contributed by atoms with Crippen molar-refractivity contribution in [1.29, 1.82) is 0 Å². The Bertz CT molecular complexity index is 1060. The first-order chi connectivity index (χ1) is 14.3. The van der Waals surface area contributed by atoms with Crippen molar-refractivity contribution in [3.05, 3.63) is 68.5 Å². The third kappa shape index (κ3) is 4.46. The largest absolute Gasteiger partial charge is 0.459 e. The Morgan fingerprint density at radius 1 is 1.23 bits per heavy atom. The molecule has 0 saturated carbocycles. The van der Waals surface area contributed by atoms with Gasteiger partial charge in [-0.15, -0.1) is 0 Å². The van der Waals surface area contributed by atoms with Crippen LogP contribution in [0.3, 0.4) is 0 Å². The Kier molecular flexibility index (Phi) is 6.72. The van der Waals surface area contributed by atoms with Gasteiger partial charge >= 0.3 is 19.3 Å². The van der Waals surface area contributed by atoms with Gasteiger partial charge in [0.1, 0.15) is 18.9 Å². The third-order valence-electron chi connectivity index (χ3n) is 4.96. The maximum Gasteiger partial charge on any atom is 0.338 e. The van der Waals surface area contributed by atoms with Crippen LogP contribution in [0.4, 0.5) is 0 Å². The number of hydrogen-bond donors (Lipinski definition) is 1. The van der Waals surface area contributed by atoms with Crippen molar-refractivity contribution in [2.45, 2.75) is 31.3 Å². The number of benzene rings is 1. The molecule has 1 N–H and O–H groups in total. The second kappa shape index (κ2) is 9.09. The van der Waals surface area contributed by atoms with Gasteiger partial charge in [0.25, 0.3) is 5.56 Å².